The van der Waals surface area contributed by atoms with Crippen LogP contribution in [0.25, 0.3) is 11.6 Å². The number of azo groups is 2. The first-order valence-electron chi connectivity index (χ1n) is 17.4. The Balaban J connectivity index is 1.65. The highest BCUT2D eigenvalue weighted by atomic mass is 16.5. The molecule has 0 radical (unpaired) electrons. The third-order valence-corrected chi connectivity index (χ3v) is 8.38. The summed E-state index contributed by atoms with van der Waals surface area (Å²) in [5.74, 6) is 1.49. The van der Waals surface area contributed by atoms with Crippen molar-refractivity contribution < 1.29 is 19.1 Å². The van der Waals surface area contributed by atoms with Gasteiger partial charge in [0, 0.05) is 48.4 Å². The highest BCUT2D eigenvalue weighted by Crippen LogP contribution is 2.38. The predicted octanol–water partition coefficient (Wildman–Crippen LogP) is 5.54. The lowest BCUT2D eigenvalue weighted by atomic mass is 10.2. The smallest absolute Gasteiger partial charge is 0.343 e. The van der Waals surface area contributed by atoms with Gasteiger partial charge in [-0.25, -0.2) is 28.9 Å². The summed E-state index contributed by atoms with van der Waals surface area (Å²) in [6, 6.07) is 1.78. The monoisotopic (exact) mass is 742 g/mol. The number of carbonyl (C=O) groups excluding carboxylic acids is 2. The summed E-state index contributed by atoms with van der Waals surface area (Å²) in [6.45, 7) is 4.20. The van der Waals surface area contributed by atoms with E-state index in [2.05, 4.69) is 54.5 Å². The van der Waals surface area contributed by atoms with Gasteiger partial charge in [-0.2, -0.15) is 29.8 Å². The van der Waals surface area contributed by atoms with E-state index in [9.17, 15) is 9.59 Å². The molecule has 0 aliphatic carbocycles. The number of aryl methyl sites for hydroxylation is 4. The fourth-order valence-corrected chi connectivity index (χ4v) is 5.61. The normalized spacial score (nSPS) is 11.6. The van der Waals surface area contributed by atoms with Crippen LogP contribution in [0.2, 0.25) is 0 Å². The first-order valence-corrected chi connectivity index (χ1v) is 17.4. The van der Waals surface area contributed by atoms with Gasteiger partial charge in [0.2, 0.25) is 0 Å². The third-order valence-electron chi connectivity index (χ3n) is 8.38. The van der Waals surface area contributed by atoms with Gasteiger partial charge in [-0.3, -0.25) is 0 Å². The van der Waals surface area contributed by atoms with Crippen LogP contribution < -0.4 is 9.80 Å². The first kappa shape index (κ1) is 38.9. The fraction of sp³-hybridized carbons (Fsp3) is 0.471. The lowest BCUT2D eigenvalue weighted by Gasteiger charge is -2.17. The topological polar surface area (TPSA) is 206 Å². The molecule has 5 aromatic rings. The molecule has 0 saturated heterocycles. The number of aromatic nitrogens is 10. The van der Waals surface area contributed by atoms with Crippen LogP contribution in [-0.4, -0.2) is 103 Å². The van der Waals surface area contributed by atoms with Gasteiger partial charge < -0.3 is 19.3 Å². The van der Waals surface area contributed by atoms with Gasteiger partial charge in [0.15, 0.2) is 46.3 Å². The molecule has 286 valence electrons. The van der Waals surface area contributed by atoms with Crippen LogP contribution in [0.15, 0.2) is 45.2 Å². The third kappa shape index (κ3) is 7.86. The molecule has 0 spiro atoms. The van der Waals surface area contributed by atoms with Crippen LogP contribution >= 0.6 is 0 Å². The van der Waals surface area contributed by atoms with Gasteiger partial charge in [-0.05, 0) is 25.7 Å². The minimum absolute atomic E-state index is 0.190. The van der Waals surface area contributed by atoms with Gasteiger partial charge in [-0.1, -0.05) is 26.7 Å². The summed E-state index contributed by atoms with van der Waals surface area (Å²) in [6.07, 6.45) is 9.07. The van der Waals surface area contributed by atoms with E-state index in [1.807, 2.05) is 38.0 Å². The molecular weight excluding hydrogens is 696 g/mol. The minimum atomic E-state index is -0.568. The summed E-state index contributed by atoms with van der Waals surface area (Å²) in [7, 11) is 13.5. The second-order valence-electron chi connectivity index (χ2n) is 12.7. The van der Waals surface area contributed by atoms with Crippen molar-refractivity contribution in [2.75, 3.05) is 52.2 Å². The van der Waals surface area contributed by atoms with Crippen LogP contribution in [0.4, 0.5) is 34.6 Å². The van der Waals surface area contributed by atoms with Crippen molar-refractivity contribution in [2.24, 2.45) is 34.6 Å². The van der Waals surface area contributed by atoms with Gasteiger partial charge in [-0.15, -0.1) is 20.5 Å². The first-order chi connectivity index (χ1) is 25.9. The Morgan fingerprint density at radius 2 is 1.09 bits per heavy atom. The molecule has 0 aliphatic rings. The average Bonchev–Trinajstić information content (AvgIpc) is 3.93. The molecule has 20 nitrogen and oxygen atoms in total. The van der Waals surface area contributed by atoms with Crippen LogP contribution in [0.5, 0.6) is 0 Å². The van der Waals surface area contributed by atoms with Gasteiger partial charge in [0.25, 0.3) is 0 Å². The van der Waals surface area contributed by atoms with E-state index in [-0.39, 0.29) is 22.8 Å². The SMILES string of the molecule is CCCCc1nn(-c2cc(-n3nc(CCCC)c(N=Nc4c(C(=O)OC)cnn4C)c3N(C)C)ncn2)c(N(C)C)c1N=Nc1c(C(=O)OC)cnn1C. The van der Waals surface area contributed by atoms with Crippen LogP contribution in [0.3, 0.4) is 0 Å². The molecule has 0 N–H and O–H groups in total. The lowest BCUT2D eigenvalue weighted by Crippen LogP contribution is -2.17. The average molecular weight is 743 g/mol. The number of hydrogen-bond acceptors (Lipinski definition) is 16. The Labute approximate surface area is 312 Å². The molecule has 0 aromatic carbocycles. The zero-order valence-electron chi connectivity index (χ0n) is 32.3. The minimum Gasteiger partial charge on any atom is -0.465 e. The molecule has 5 aromatic heterocycles. The molecule has 0 unspecified atom stereocenters. The molecule has 54 heavy (non-hydrogen) atoms. The summed E-state index contributed by atoms with van der Waals surface area (Å²) >= 11 is 0. The van der Waals surface area contributed by atoms with Gasteiger partial charge in [0.05, 0.1) is 38.0 Å². The van der Waals surface area contributed by atoms with Crippen LogP contribution in [0.1, 0.15) is 71.6 Å². The largest absolute Gasteiger partial charge is 0.465 e. The Morgan fingerprint density at radius 1 is 0.685 bits per heavy atom. The van der Waals surface area contributed by atoms with E-state index in [4.69, 9.17) is 19.7 Å². The number of nitrogens with zero attached hydrogens (tertiary/aromatic N) is 16. The van der Waals surface area contributed by atoms with E-state index in [0.29, 0.717) is 58.9 Å². The zero-order valence-corrected chi connectivity index (χ0v) is 32.3. The highest BCUT2D eigenvalue weighted by Gasteiger charge is 2.26. The number of unbranched alkanes of at least 4 members (excludes halogenated alkanes) is 2. The van der Waals surface area contributed by atoms with E-state index >= 15 is 0 Å². The second-order valence-corrected chi connectivity index (χ2v) is 12.7. The lowest BCUT2D eigenvalue weighted by molar-refractivity contribution is 0.0592. The van der Waals surface area contributed by atoms with E-state index in [0.717, 1.165) is 25.7 Å². The summed E-state index contributed by atoms with van der Waals surface area (Å²) < 4.78 is 16.2. The Kier molecular flexibility index (Phi) is 12.2. The molecule has 0 atom stereocenters. The van der Waals surface area contributed by atoms with E-state index in [1.165, 1.54) is 42.3 Å². The number of ether oxygens (including phenoxy) is 2. The van der Waals surface area contributed by atoms with E-state index < -0.39 is 11.9 Å². The molecule has 0 amide bonds. The van der Waals surface area contributed by atoms with Crippen LogP contribution in [0, 0.1) is 0 Å². The summed E-state index contributed by atoms with van der Waals surface area (Å²) in [5, 5.41) is 36.5. The van der Waals surface area contributed by atoms with Crippen molar-refractivity contribution in [3.05, 3.63) is 47.3 Å². The zero-order chi connectivity index (χ0) is 39.1. The van der Waals surface area contributed by atoms with Gasteiger partial charge >= 0.3 is 11.9 Å². The molecule has 0 bridgehead atoms. The van der Waals surface area contributed by atoms with Crippen molar-refractivity contribution in [2.45, 2.75) is 52.4 Å². The quantitative estimate of drug-likeness (QED) is 0.0903. The molecule has 0 aliphatic heterocycles. The van der Waals surface area contributed by atoms with Gasteiger partial charge in [0.1, 0.15) is 17.5 Å². The van der Waals surface area contributed by atoms with Crippen molar-refractivity contribution in [1.82, 2.24) is 49.1 Å². The maximum Gasteiger partial charge on any atom is 0.343 e. The Bertz CT molecular complexity index is 2020. The van der Waals surface area contributed by atoms with Crippen molar-refractivity contribution in [3.63, 3.8) is 0 Å². The number of carbonyl (C=O) groups is 2. The van der Waals surface area contributed by atoms with Crippen molar-refractivity contribution in [3.8, 4) is 11.6 Å². The summed E-state index contributed by atoms with van der Waals surface area (Å²) in [5.41, 5.74) is 2.82. The Morgan fingerprint density at radius 3 is 1.44 bits per heavy atom. The number of methoxy groups -OCH3 is 2. The van der Waals surface area contributed by atoms with Crippen LogP contribution in [-0.2, 0) is 36.4 Å². The Hall–Kier alpha value is -6.34. The van der Waals surface area contributed by atoms with E-state index in [1.54, 1.807) is 29.5 Å². The number of esters is 2. The molecule has 0 fully saturated rings. The fourth-order valence-electron chi connectivity index (χ4n) is 5.61. The van der Waals surface area contributed by atoms with Crippen molar-refractivity contribution >= 4 is 46.6 Å². The second kappa shape index (κ2) is 17.0. The number of hydrogen-bond donors (Lipinski definition) is 0. The van der Waals surface area contributed by atoms with Crippen molar-refractivity contribution in [1.29, 1.82) is 0 Å². The molecule has 5 heterocycles. The standard InChI is InChI=1S/C34H46N16O4/c1-11-13-15-23-27(39-41-29-21(33(51)53-9)18-37-47(29)7)31(45(3)4)49(43-23)25-17-26(36-20-35-25)50-32(46(5)6)28(24(44-50)16-14-12-2)40-42-30-22(34(52)54-10)19-38-48(30)8/h17-20H,11-16H2,1-10H3. The maximum absolute atomic E-state index is 12.4. The molecule has 0 saturated carbocycles. The highest BCUT2D eigenvalue weighted by molar-refractivity contribution is 5.94. The maximum atomic E-state index is 12.4. The predicted molar refractivity (Wildman–Crippen MR) is 200 cm³/mol. The number of rotatable bonds is 16. The summed E-state index contributed by atoms with van der Waals surface area (Å²) in [4.78, 5) is 37.8. The number of anilines is 2. The molecule has 5 rings (SSSR count). The molecule has 20 heteroatoms. The molecular formula is C34H46N16O4.